The largest absolute Gasteiger partial charge is 0.460 e. The molecule has 0 aromatic heterocycles. The van der Waals surface area contributed by atoms with E-state index in [1.807, 2.05) is 27.7 Å². The number of ether oxygens (including phenoxy) is 2. The van der Waals surface area contributed by atoms with Crippen LogP contribution in [0.3, 0.4) is 0 Å². The lowest BCUT2D eigenvalue weighted by atomic mass is 9.85. The Hall–Kier alpha value is -1.42. The van der Waals surface area contributed by atoms with Gasteiger partial charge in [-0.05, 0) is 85.1 Å². The first-order chi connectivity index (χ1) is 12.1. The summed E-state index contributed by atoms with van der Waals surface area (Å²) in [6.07, 6.45) is 7.79. The van der Waals surface area contributed by atoms with Gasteiger partial charge in [0.2, 0.25) is 0 Å². The number of epoxide rings is 1. The van der Waals surface area contributed by atoms with Gasteiger partial charge in [-0.1, -0.05) is 17.2 Å². The molecule has 1 saturated heterocycles. The Morgan fingerprint density at radius 2 is 1.85 bits per heavy atom. The van der Waals surface area contributed by atoms with Crippen LogP contribution in [-0.4, -0.2) is 29.1 Å². The molecule has 3 unspecified atom stereocenters. The van der Waals surface area contributed by atoms with Gasteiger partial charge in [0.1, 0.15) is 17.3 Å². The Morgan fingerprint density at radius 1 is 1.15 bits per heavy atom. The molecule has 0 bridgehead atoms. The van der Waals surface area contributed by atoms with Crippen molar-refractivity contribution < 1.29 is 19.1 Å². The molecule has 1 aliphatic carbocycles. The predicted octanol–water partition coefficient (Wildman–Crippen LogP) is 5.06. The summed E-state index contributed by atoms with van der Waals surface area (Å²) in [6, 6.07) is 0. The zero-order chi connectivity index (χ0) is 19.5. The fraction of sp³-hybridized carbons (Fsp3) is 0.727. The number of hydrogen-bond donors (Lipinski definition) is 0. The minimum atomic E-state index is -0.537. The molecule has 0 saturated carbocycles. The van der Waals surface area contributed by atoms with Crippen molar-refractivity contribution in [3.05, 3.63) is 22.8 Å². The first-order valence-electron chi connectivity index (χ1n) is 9.80. The van der Waals surface area contributed by atoms with E-state index in [0.29, 0.717) is 12.8 Å². The fourth-order valence-electron chi connectivity index (χ4n) is 3.95. The van der Waals surface area contributed by atoms with Crippen molar-refractivity contribution in [3.8, 4) is 0 Å². The number of esters is 1. The fourth-order valence-corrected chi connectivity index (χ4v) is 3.95. The lowest BCUT2D eigenvalue weighted by Crippen LogP contribution is -2.32. The smallest absolute Gasteiger partial charge is 0.303 e. The highest BCUT2D eigenvalue weighted by atomic mass is 16.6. The standard InChI is InChI=1S/C22H34O4/c1-15(2)18-11-14-21(5,25-17(4)23)12-7-9-16(3)10-8-13-22(6)20(26-22)19(18)24/h10,20H,7-9,11-14H2,1-6H3/b16-10+. The van der Waals surface area contributed by atoms with Crippen molar-refractivity contribution in [2.75, 3.05) is 0 Å². The number of Topliss-reactive ketones (excluding diaryl/α,β-unsaturated/α-hetero) is 1. The summed E-state index contributed by atoms with van der Waals surface area (Å²) in [7, 11) is 0. The average molecular weight is 363 g/mol. The minimum absolute atomic E-state index is 0.107. The minimum Gasteiger partial charge on any atom is -0.460 e. The van der Waals surface area contributed by atoms with Crippen molar-refractivity contribution in [1.82, 2.24) is 0 Å². The third-order valence-electron chi connectivity index (χ3n) is 5.73. The summed E-state index contributed by atoms with van der Waals surface area (Å²) in [6.45, 7) is 11.6. The Bertz CT molecular complexity index is 626. The molecule has 0 amide bonds. The van der Waals surface area contributed by atoms with Gasteiger partial charge < -0.3 is 9.47 Å². The average Bonchev–Trinajstić information content (AvgIpc) is 3.17. The molecule has 1 fully saturated rings. The molecule has 0 aromatic rings. The van der Waals surface area contributed by atoms with Crippen molar-refractivity contribution in [2.24, 2.45) is 0 Å². The van der Waals surface area contributed by atoms with Gasteiger partial charge in [0, 0.05) is 6.92 Å². The third-order valence-corrected chi connectivity index (χ3v) is 5.73. The van der Waals surface area contributed by atoms with E-state index in [1.54, 1.807) is 0 Å². The molecule has 0 spiro atoms. The molecule has 2 rings (SSSR count). The van der Waals surface area contributed by atoms with Gasteiger partial charge in [-0.15, -0.1) is 0 Å². The SMILES string of the molecule is CC(=O)OC1(C)CCC/C(C)=C/CCC2(C)OC2C(=O)C(=C(C)C)CC1. The van der Waals surface area contributed by atoms with Crippen molar-refractivity contribution in [2.45, 2.75) is 104 Å². The van der Waals surface area contributed by atoms with Crippen LogP contribution in [0.15, 0.2) is 22.8 Å². The zero-order valence-corrected chi connectivity index (χ0v) is 17.2. The van der Waals surface area contributed by atoms with E-state index < -0.39 is 5.60 Å². The van der Waals surface area contributed by atoms with Gasteiger partial charge >= 0.3 is 5.97 Å². The summed E-state index contributed by atoms with van der Waals surface area (Å²) in [5.41, 5.74) is 2.34. The predicted molar refractivity (Wildman–Crippen MR) is 103 cm³/mol. The Morgan fingerprint density at radius 3 is 2.46 bits per heavy atom. The molecule has 0 N–H and O–H groups in total. The maximum absolute atomic E-state index is 13.0. The highest BCUT2D eigenvalue weighted by Crippen LogP contribution is 2.43. The monoisotopic (exact) mass is 362 g/mol. The molecular formula is C22H34O4. The van der Waals surface area contributed by atoms with Gasteiger partial charge in [0.15, 0.2) is 5.78 Å². The van der Waals surface area contributed by atoms with Crippen LogP contribution >= 0.6 is 0 Å². The molecule has 0 aromatic carbocycles. The molecule has 1 heterocycles. The number of fused-ring (bicyclic) bond motifs is 1. The Balaban J connectivity index is 2.25. The van der Waals surface area contributed by atoms with E-state index in [0.717, 1.165) is 43.3 Å². The van der Waals surface area contributed by atoms with E-state index in [-0.39, 0.29) is 23.5 Å². The van der Waals surface area contributed by atoms with Gasteiger partial charge in [-0.3, -0.25) is 9.59 Å². The lowest BCUT2D eigenvalue weighted by molar-refractivity contribution is -0.156. The molecule has 4 nitrogen and oxygen atoms in total. The second-order valence-corrected chi connectivity index (χ2v) is 8.64. The molecule has 1 aliphatic heterocycles. The number of hydrogen-bond acceptors (Lipinski definition) is 4. The molecule has 0 radical (unpaired) electrons. The topological polar surface area (TPSA) is 55.9 Å². The van der Waals surface area contributed by atoms with Crippen LogP contribution in [0, 0.1) is 0 Å². The van der Waals surface area contributed by atoms with Crippen LogP contribution in [0.4, 0.5) is 0 Å². The van der Waals surface area contributed by atoms with E-state index >= 15 is 0 Å². The summed E-state index contributed by atoms with van der Waals surface area (Å²) >= 11 is 0. The number of rotatable bonds is 1. The second-order valence-electron chi connectivity index (χ2n) is 8.64. The Labute approximate surface area is 158 Å². The first-order valence-corrected chi connectivity index (χ1v) is 9.80. The van der Waals surface area contributed by atoms with Gasteiger partial charge in [-0.2, -0.15) is 0 Å². The highest BCUT2D eigenvalue weighted by molar-refractivity contribution is 6.01. The van der Waals surface area contributed by atoms with E-state index in [1.165, 1.54) is 12.5 Å². The molecule has 26 heavy (non-hydrogen) atoms. The van der Waals surface area contributed by atoms with Crippen LogP contribution in [0.1, 0.15) is 86.5 Å². The van der Waals surface area contributed by atoms with E-state index in [9.17, 15) is 9.59 Å². The molecule has 2 aliphatic rings. The van der Waals surface area contributed by atoms with E-state index in [2.05, 4.69) is 13.0 Å². The van der Waals surface area contributed by atoms with Gasteiger partial charge in [0.25, 0.3) is 0 Å². The van der Waals surface area contributed by atoms with Crippen LogP contribution in [0.25, 0.3) is 0 Å². The summed E-state index contributed by atoms with van der Waals surface area (Å²) in [5, 5.41) is 0. The van der Waals surface area contributed by atoms with Crippen LogP contribution in [0.2, 0.25) is 0 Å². The number of carbonyl (C=O) groups is 2. The number of allylic oxidation sites excluding steroid dienone is 3. The summed E-state index contributed by atoms with van der Waals surface area (Å²) in [5.74, 6) is -0.153. The number of ketones is 1. The first kappa shape index (κ1) is 20.9. The van der Waals surface area contributed by atoms with Crippen molar-refractivity contribution in [1.29, 1.82) is 0 Å². The number of carbonyl (C=O) groups excluding carboxylic acids is 2. The molecular weight excluding hydrogens is 328 g/mol. The highest BCUT2D eigenvalue weighted by Gasteiger charge is 2.56. The van der Waals surface area contributed by atoms with Crippen molar-refractivity contribution >= 4 is 11.8 Å². The third kappa shape index (κ3) is 5.29. The van der Waals surface area contributed by atoms with Crippen molar-refractivity contribution in [3.63, 3.8) is 0 Å². The van der Waals surface area contributed by atoms with Crippen LogP contribution in [0.5, 0.6) is 0 Å². The lowest BCUT2D eigenvalue weighted by Gasteiger charge is -2.30. The quantitative estimate of drug-likeness (QED) is 0.283. The van der Waals surface area contributed by atoms with E-state index in [4.69, 9.17) is 9.47 Å². The van der Waals surface area contributed by atoms with Gasteiger partial charge in [-0.25, -0.2) is 0 Å². The molecule has 146 valence electrons. The second kappa shape index (κ2) is 8.08. The normalized spacial score (nSPS) is 35.6. The summed E-state index contributed by atoms with van der Waals surface area (Å²) < 4.78 is 11.5. The zero-order valence-electron chi connectivity index (χ0n) is 17.2. The van der Waals surface area contributed by atoms with Crippen LogP contribution < -0.4 is 0 Å². The summed E-state index contributed by atoms with van der Waals surface area (Å²) in [4.78, 5) is 24.6. The molecule has 3 atom stereocenters. The Kier molecular flexibility index (Phi) is 6.49. The van der Waals surface area contributed by atoms with Gasteiger partial charge in [0.05, 0.1) is 0 Å². The van der Waals surface area contributed by atoms with Crippen LogP contribution in [-0.2, 0) is 19.1 Å². The maximum Gasteiger partial charge on any atom is 0.303 e. The molecule has 4 heteroatoms. The maximum atomic E-state index is 13.0.